The SMILES string of the molecule is COc1ccccc1[C@H]1CN(C(C)=O)CCN1CCC(F)(F)F. The topological polar surface area (TPSA) is 32.8 Å². The van der Waals surface area contributed by atoms with Gasteiger partial charge in [0.15, 0.2) is 0 Å². The van der Waals surface area contributed by atoms with Gasteiger partial charge in [-0.15, -0.1) is 0 Å². The summed E-state index contributed by atoms with van der Waals surface area (Å²) in [6.45, 7) is 2.62. The summed E-state index contributed by atoms with van der Waals surface area (Å²) in [5.74, 6) is 0.556. The summed E-state index contributed by atoms with van der Waals surface area (Å²) < 4.78 is 43.1. The van der Waals surface area contributed by atoms with Gasteiger partial charge in [0.1, 0.15) is 5.75 Å². The predicted molar refractivity (Wildman–Crippen MR) is 80.2 cm³/mol. The number of halogens is 3. The van der Waals surface area contributed by atoms with E-state index in [4.69, 9.17) is 4.74 Å². The molecule has 0 N–H and O–H groups in total. The molecule has 1 fully saturated rings. The van der Waals surface area contributed by atoms with Gasteiger partial charge in [-0.05, 0) is 6.07 Å². The molecule has 1 saturated heterocycles. The van der Waals surface area contributed by atoms with E-state index >= 15 is 0 Å². The molecule has 2 rings (SSSR count). The minimum Gasteiger partial charge on any atom is -0.496 e. The van der Waals surface area contributed by atoms with Crippen molar-refractivity contribution in [2.45, 2.75) is 25.6 Å². The molecule has 128 valence electrons. The summed E-state index contributed by atoms with van der Waals surface area (Å²) in [5, 5.41) is 0. The quantitative estimate of drug-likeness (QED) is 0.851. The summed E-state index contributed by atoms with van der Waals surface area (Å²) in [7, 11) is 1.53. The molecule has 1 aromatic carbocycles. The fourth-order valence-electron chi connectivity index (χ4n) is 2.88. The number of ether oxygens (including phenoxy) is 1. The highest BCUT2D eigenvalue weighted by atomic mass is 19.4. The molecule has 23 heavy (non-hydrogen) atoms. The Bertz CT molecular complexity index is 548. The molecule has 0 saturated carbocycles. The number of amides is 1. The van der Waals surface area contributed by atoms with Gasteiger partial charge in [0.25, 0.3) is 0 Å². The number of carbonyl (C=O) groups is 1. The average Bonchev–Trinajstić information content (AvgIpc) is 2.52. The molecular weight excluding hydrogens is 309 g/mol. The molecule has 0 spiro atoms. The van der Waals surface area contributed by atoms with Crippen molar-refractivity contribution >= 4 is 5.91 Å². The predicted octanol–water partition coefficient (Wildman–Crippen LogP) is 2.85. The maximum atomic E-state index is 12.6. The number of methoxy groups -OCH3 is 1. The number of benzene rings is 1. The first-order valence-corrected chi connectivity index (χ1v) is 7.51. The van der Waals surface area contributed by atoms with E-state index in [1.54, 1.807) is 15.9 Å². The molecule has 4 nitrogen and oxygen atoms in total. The Morgan fingerprint density at radius 3 is 2.61 bits per heavy atom. The van der Waals surface area contributed by atoms with Crippen molar-refractivity contribution < 1.29 is 22.7 Å². The fraction of sp³-hybridized carbons (Fsp3) is 0.562. The largest absolute Gasteiger partial charge is 0.496 e. The number of hydrogen-bond acceptors (Lipinski definition) is 3. The third-order valence-electron chi connectivity index (χ3n) is 4.12. The van der Waals surface area contributed by atoms with Crippen molar-refractivity contribution in [3.63, 3.8) is 0 Å². The summed E-state index contributed by atoms with van der Waals surface area (Å²) in [6, 6.07) is 6.96. The molecule has 0 bridgehead atoms. The smallest absolute Gasteiger partial charge is 0.390 e. The lowest BCUT2D eigenvalue weighted by Gasteiger charge is -2.41. The summed E-state index contributed by atoms with van der Waals surface area (Å²) in [5.41, 5.74) is 0.808. The van der Waals surface area contributed by atoms with E-state index in [0.29, 0.717) is 25.4 Å². The molecule has 1 aliphatic heterocycles. The van der Waals surface area contributed by atoms with Crippen LogP contribution in [0.2, 0.25) is 0 Å². The van der Waals surface area contributed by atoms with Gasteiger partial charge < -0.3 is 9.64 Å². The fourth-order valence-corrected chi connectivity index (χ4v) is 2.88. The standard InChI is InChI=1S/C16H21F3N2O2/c1-12(22)21-10-9-20(8-7-16(17,18)19)14(11-21)13-5-3-4-6-15(13)23-2/h3-6,14H,7-11H2,1-2H3/t14-/m1/s1. The van der Waals surface area contributed by atoms with Gasteiger partial charge in [-0.1, -0.05) is 18.2 Å². The zero-order valence-electron chi connectivity index (χ0n) is 13.3. The average molecular weight is 330 g/mol. The van der Waals surface area contributed by atoms with Gasteiger partial charge in [0.2, 0.25) is 5.91 Å². The first-order chi connectivity index (χ1) is 10.8. The first kappa shape index (κ1) is 17.6. The van der Waals surface area contributed by atoms with Gasteiger partial charge in [0.05, 0.1) is 19.6 Å². The first-order valence-electron chi connectivity index (χ1n) is 7.51. The van der Waals surface area contributed by atoms with E-state index in [2.05, 4.69) is 0 Å². The molecule has 1 atom stereocenters. The van der Waals surface area contributed by atoms with Crippen LogP contribution in [-0.4, -0.2) is 55.2 Å². The van der Waals surface area contributed by atoms with Gasteiger partial charge in [0, 0.05) is 38.7 Å². The Balaban J connectivity index is 2.24. The van der Waals surface area contributed by atoms with Crippen LogP contribution < -0.4 is 4.74 Å². The van der Waals surface area contributed by atoms with Crippen LogP contribution in [0.15, 0.2) is 24.3 Å². The second-order valence-corrected chi connectivity index (χ2v) is 5.62. The van der Waals surface area contributed by atoms with Gasteiger partial charge >= 0.3 is 6.18 Å². The van der Waals surface area contributed by atoms with Crippen molar-refractivity contribution in [3.05, 3.63) is 29.8 Å². The van der Waals surface area contributed by atoms with Crippen LogP contribution in [0.5, 0.6) is 5.75 Å². The maximum Gasteiger partial charge on any atom is 0.390 e. The molecule has 1 amide bonds. The van der Waals surface area contributed by atoms with Crippen LogP contribution in [-0.2, 0) is 4.79 Å². The molecule has 7 heteroatoms. The molecular formula is C16H21F3N2O2. The molecule has 1 aromatic rings. The van der Waals surface area contributed by atoms with Crippen molar-refractivity contribution in [1.29, 1.82) is 0 Å². The Kier molecular flexibility index (Phi) is 5.51. The maximum absolute atomic E-state index is 12.6. The lowest BCUT2D eigenvalue weighted by molar-refractivity contribution is -0.143. The normalized spacial score (nSPS) is 19.7. The molecule has 0 unspecified atom stereocenters. The Labute approximate surface area is 133 Å². The number of carbonyl (C=O) groups excluding carboxylic acids is 1. The van der Waals surface area contributed by atoms with E-state index in [0.717, 1.165) is 5.56 Å². The number of rotatable bonds is 4. The van der Waals surface area contributed by atoms with Crippen molar-refractivity contribution in [1.82, 2.24) is 9.80 Å². The van der Waals surface area contributed by atoms with Crippen LogP contribution in [0.1, 0.15) is 24.9 Å². The monoisotopic (exact) mass is 330 g/mol. The molecule has 1 aliphatic rings. The van der Waals surface area contributed by atoms with Gasteiger partial charge in [-0.3, -0.25) is 9.69 Å². The third kappa shape index (κ3) is 4.60. The molecule has 0 radical (unpaired) electrons. The van der Waals surface area contributed by atoms with E-state index in [9.17, 15) is 18.0 Å². The molecule has 1 heterocycles. The summed E-state index contributed by atoms with van der Waals surface area (Å²) in [6.07, 6.45) is -5.05. The van der Waals surface area contributed by atoms with Crippen molar-refractivity contribution in [2.24, 2.45) is 0 Å². The minimum atomic E-state index is -4.19. The zero-order valence-corrected chi connectivity index (χ0v) is 13.3. The van der Waals surface area contributed by atoms with Crippen LogP contribution in [0.25, 0.3) is 0 Å². The lowest BCUT2D eigenvalue weighted by atomic mass is 10.0. The van der Waals surface area contributed by atoms with Crippen LogP contribution in [0, 0.1) is 0 Å². The third-order valence-corrected chi connectivity index (χ3v) is 4.12. The Hall–Kier alpha value is -1.76. The highest BCUT2D eigenvalue weighted by Gasteiger charge is 2.34. The second kappa shape index (κ2) is 7.21. The Morgan fingerprint density at radius 2 is 2.00 bits per heavy atom. The van der Waals surface area contributed by atoms with E-state index in [1.165, 1.54) is 14.0 Å². The summed E-state index contributed by atoms with van der Waals surface area (Å²) in [4.78, 5) is 15.1. The van der Waals surface area contributed by atoms with Crippen molar-refractivity contribution in [2.75, 3.05) is 33.3 Å². The molecule has 0 aromatic heterocycles. The van der Waals surface area contributed by atoms with E-state index in [1.807, 2.05) is 18.2 Å². The van der Waals surface area contributed by atoms with Crippen LogP contribution in [0.3, 0.4) is 0 Å². The minimum absolute atomic E-state index is 0.0691. The van der Waals surface area contributed by atoms with E-state index in [-0.39, 0.29) is 18.5 Å². The summed E-state index contributed by atoms with van der Waals surface area (Å²) >= 11 is 0. The highest BCUT2D eigenvalue weighted by molar-refractivity contribution is 5.73. The van der Waals surface area contributed by atoms with Crippen LogP contribution >= 0.6 is 0 Å². The van der Waals surface area contributed by atoms with E-state index < -0.39 is 12.6 Å². The van der Waals surface area contributed by atoms with Gasteiger partial charge in [-0.2, -0.15) is 13.2 Å². The number of hydrogen-bond donors (Lipinski definition) is 0. The van der Waals surface area contributed by atoms with Gasteiger partial charge in [-0.25, -0.2) is 0 Å². The molecule has 0 aliphatic carbocycles. The van der Waals surface area contributed by atoms with Crippen molar-refractivity contribution in [3.8, 4) is 5.75 Å². The highest BCUT2D eigenvalue weighted by Crippen LogP contribution is 2.33. The Morgan fingerprint density at radius 1 is 1.30 bits per heavy atom. The number of nitrogens with zero attached hydrogens (tertiary/aromatic N) is 2. The zero-order chi connectivity index (χ0) is 17.0. The van der Waals surface area contributed by atoms with Crippen LogP contribution in [0.4, 0.5) is 13.2 Å². The lowest BCUT2D eigenvalue weighted by Crippen LogP contribution is -2.50. The number of piperazine rings is 1. The number of alkyl halides is 3. The number of para-hydroxylation sites is 1. The second-order valence-electron chi connectivity index (χ2n) is 5.62.